The molecule has 0 saturated heterocycles. The van der Waals surface area contributed by atoms with E-state index in [1.165, 1.54) is 0 Å². The molecule has 0 saturated carbocycles. The van der Waals surface area contributed by atoms with Crippen LogP contribution in [-0.4, -0.2) is 12.1 Å². The first-order chi connectivity index (χ1) is 6.99. The summed E-state index contributed by atoms with van der Waals surface area (Å²) < 4.78 is 0. The second-order valence-electron chi connectivity index (χ2n) is 4.22. The number of rotatable bonds is 4. The predicted molar refractivity (Wildman–Crippen MR) is 59.3 cm³/mol. The Kier molecular flexibility index (Phi) is 3.40. The lowest BCUT2D eigenvalue weighted by molar-refractivity contribution is -0.125. The van der Waals surface area contributed by atoms with Crippen molar-refractivity contribution in [2.24, 2.45) is 5.41 Å². The highest BCUT2D eigenvalue weighted by molar-refractivity contribution is 6.01. The first-order valence-corrected chi connectivity index (χ1v) is 4.97. The van der Waals surface area contributed by atoms with Crippen LogP contribution in [0.15, 0.2) is 30.3 Å². The van der Waals surface area contributed by atoms with Crippen LogP contribution >= 0.6 is 0 Å². The van der Waals surface area contributed by atoms with E-state index in [-0.39, 0.29) is 11.7 Å². The van der Waals surface area contributed by atoms with Crippen LogP contribution in [-0.2, 0) is 9.59 Å². The number of benzene rings is 1. The lowest BCUT2D eigenvalue weighted by Gasteiger charge is -2.19. The van der Waals surface area contributed by atoms with E-state index >= 15 is 0 Å². The van der Waals surface area contributed by atoms with Gasteiger partial charge in [0.15, 0.2) is 5.78 Å². The fourth-order valence-electron chi connectivity index (χ4n) is 1.48. The van der Waals surface area contributed by atoms with Crippen molar-refractivity contribution in [3.63, 3.8) is 0 Å². The maximum Gasteiger partial charge on any atom is 0.212 e. The zero-order chi connectivity index (χ0) is 11.5. The molecular weight excluding hydrogens is 188 g/mol. The number of carbonyl (C=O) groups excluding carboxylic acids is 2. The molecule has 0 N–H and O–H groups in total. The van der Waals surface area contributed by atoms with Crippen LogP contribution in [0.4, 0.5) is 0 Å². The number of Topliss-reactive ketones (excluding diaryl/α,β-unsaturated/α-hetero) is 1. The van der Waals surface area contributed by atoms with Crippen molar-refractivity contribution >= 4 is 12.1 Å². The van der Waals surface area contributed by atoms with Gasteiger partial charge in [-0.2, -0.15) is 0 Å². The van der Waals surface area contributed by atoms with E-state index in [1.54, 1.807) is 20.1 Å². The Hall–Kier alpha value is -1.44. The fraction of sp³-hybridized carbons (Fsp3) is 0.385. The third-order valence-electron chi connectivity index (χ3n) is 2.56. The molecule has 0 heterocycles. The average molecular weight is 203 g/mol. The normalized spacial score (nSPS) is 13.3. The van der Waals surface area contributed by atoms with Crippen LogP contribution in [0, 0.1) is 5.41 Å². The molecule has 1 rings (SSSR count). The van der Waals surface area contributed by atoms with Crippen LogP contribution < -0.4 is 0 Å². The van der Waals surface area contributed by atoms with E-state index < -0.39 is 5.41 Å². The highest BCUT2D eigenvalue weighted by Crippen LogP contribution is 2.25. The summed E-state index contributed by atoms with van der Waals surface area (Å²) in [4.78, 5) is 22.6. The summed E-state index contributed by atoms with van der Waals surface area (Å²) in [7, 11) is 0. The molecule has 0 fully saturated rings. The molecule has 2 heteroatoms. The SMILES string of the molecule is CC(C(=O)C(C)(C)[C]=O)c1ccccc1. The molecule has 0 bridgehead atoms. The van der Waals surface area contributed by atoms with Gasteiger partial charge in [-0.15, -0.1) is 0 Å². The van der Waals surface area contributed by atoms with Crippen LogP contribution in [0.3, 0.4) is 0 Å². The van der Waals surface area contributed by atoms with E-state index in [1.807, 2.05) is 37.3 Å². The van der Waals surface area contributed by atoms with Gasteiger partial charge >= 0.3 is 0 Å². The zero-order valence-electron chi connectivity index (χ0n) is 9.28. The zero-order valence-corrected chi connectivity index (χ0v) is 9.28. The second-order valence-corrected chi connectivity index (χ2v) is 4.22. The first-order valence-electron chi connectivity index (χ1n) is 4.97. The van der Waals surface area contributed by atoms with Gasteiger partial charge in [0.05, 0.1) is 5.41 Å². The third kappa shape index (κ3) is 2.52. The number of hydrogen-bond acceptors (Lipinski definition) is 2. The van der Waals surface area contributed by atoms with Gasteiger partial charge in [-0.25, -0.2) is 0 Å². The predicted octanol–water partition coefficient (Wildman–Crippen LogP) is 2.50. The minimum absolute atomic E-state index is 0.0938. The van der Waals surface area contributed by atoms with Crippen LogP contribution in [0.5, 0.6) is 0 Å². The first kappa shape index (κ1) is 11.6. The second kappa shape index (κ2) is 4.39. The van der Waals surface area contributed by atoms with Gasteiger partial charge in [0.2, 0.25) is 6.29 Å². The standard InChI is InChI=1S/C13H15O2/c1-10(11-7-5-4-6-8-11)12(15)13(2,3)9-14/h4-8,10H,1-3H3. The summed E-state index contributed by atoms with van der Waals surface area (Å²) in [6, 6.07) is 9.46. The van der Waals surface area contributed by atoms with E-state index in [9.17, 15) is 9.59 Å². The highest BCUT2D eigenvalue weighted by Gasteiger charge is 2.32. The van der Waals surface area contributed by atoms with Gasteiger partial charge in [-0.1, -0.05) is 37.3 Å². The van der Waals surface area contributed by atoms with Crippen molar-refractivity contribution in [3.05, 3.63) is 35.9 Å². The smallest absolute Gasteiger partial charge is 0.212 e. The molecule has 0 spiro atoms. The van der Waals surface area contributed by atoms with Crippen molar-refractivity contribution < 1.29 is 9.59 Å². The molecule has 0 aromatic heterocycles. The van der Waals surface area contributed by atoms with Gasteiger partial charge in [0.25, 0.3) is 0 Å². The van der Waals surface area contributed by atoms with Gasteiger partial charge in [-0.3, -0.25) is 9.59 Å². The Balaban J connectivity index is 2.92. The quantitative estimate of drug-likeness (QED) is 0.704. The van der Waals surface area contributed by atoms with Gasteiger partial charge in [0.1, 0.15) is 0 Å². The Morgan fingerprint density at radius 1 is 1.27 bits per heavy atom. The van der Waals surface area contributed by atoms with E-state index in [2.05, 4.69) is 0 Å². The minimum atomic E-state index is -1.02. The van der Waals surface area contributed by atoms with E-state index in [4.69, 9.17) is 0 Å². The molecule has 1 aromatic rings. The molecule has 0 aliphatic carbocycles. The maximum absolute atomic E-state index is 11.9. The highest BCUT2D eigenvalue weighted by atomic mass is 16.1. The lowest BCUT2D eigenvalue weighted by atomic mass is 9.80. The lowest BCUT2D eigenvalue weighted by Crippen LogP contribution is -2.29. The van der Waals surface area contributed by atoms with Crippen molar-refractivity contribution in [1.29, 1.82) is 0 Å². The van der Waals surface area contributed by atoms with Crippen LogP contribution in [0.1, 0.15) is 32.3 Å². The van der Waals surface area contributed by atoms with Gasteiger partial charge in [0, 0.05) is 5.92 Å². The molecule has 1 atom stereocenters. The van der Waals surface area contributed by atoms with Crippen molar-refractivity contribution in [1.82, 2.24) is 0 Å². The fourth-order valence-corrected chi connectivity index (χ4v) is 1.48. The Morgan fingerprint density at radius 3 is 2.27 bits per heavy atom. The van der Waals surface area contributed by atoms with Crippen LogP contribution in [0.25, 0.3) is 0 Å². The summed E-state index contributed by atoms with van der Waals surface area (Å²) in [5.74, 6) is -0.355. The molecule has 0 amide bonds. The van der Waals surface area contributed by atoms with Gasteiger partial charge in [-0.05, 0) is 19.4 Å². The van der Waals surface area contributed by atoms with E-state index in [0.717, 1.165) is 5.56 Å². The molecule has 15 heavy (non-hydrogen) atoms. The molecule has 1 aromatic carbocycles. The summed E-state index contributed by atoms with van der Waals surface area (Å²) in [5.41, 5.74) is -0.0826. The molecular formula is C13H15O2. The van der Waals surface area contributed by atoms with Crippen LogP contribution in [0.2, 0.25) is 0 Å². The Labute approximate surface area is 90.3 Å². The van der Waals surface area contributed by atoms with Crippen molar-refractivity contribution in [2.75, 3.05) is 0 Å². The molecule has 1 radical (unpaired) electrons. The molecule has 79 valence electrons. The Bertz CT molecular complexity index is 352. The summed E-state index contributed by atoms with van der Waals surface area (Å²) >= 11 is 0. The molecule has 2 nitrogen and oxygen atoms in total. The monoisotopic (exact) mass is 203 g/mol. The number of ketones is 1. The third-order valence-corrected chi connectivity index (χ3v) is 2.56. The van der Waals surface area contributed by atoms with E-state index in [0.29, 0.717) is 0 Å². The molecule has 0 aliphatic rings. The minimum Gasteiger partial charge on any atom is -0.298 e. The largest absolute Gasteiger partial charge is 0.298 e. The number of carbonyl (C=O) groups is 1. The van der Waals surface area contributed by atoms with Crippen molar-refractivity contribution in [2.45, 2.75) is 26.7 Å². The maximum atomic E-state index is 11.9. The van der Waals surface area contributed by atoms with Crippen molar-refractivity contribution in [3.8, 4) is 0 Å². The number of hydrogen-bond donors (Lipinski definition) is 0. The molecule has 0 aliphatic heterocycles. The summed E-state index contributed by atoms with van der Waals surface area (Å²) in [6.07, 6.45) is 1.79. The Morgan fingerprint density at radius 2 is 1.80 bits per heavy atom. The van der Waals surface area contributed by atoms with Gasteiger partial charge < -0.3 is 0 Å². The molecule has 1 unspecified atom stereocenters. The topological polar surface area (TPSA) is 34.1 Å². The summed E-state index contributed by atoms with van der Waals surface area (Å²) in [5, 5.41) is 0. The summed E-state index contributed by atoms with van der Waals surface area (Å²) in [6.45, 7) is 5.01. The average Bonchev–Trinajstić information content (AvgIpc) is 2.28.